The lowest BCUT2D eigenvalue weighted by atomic mass is 9.72. The van der Waals surface area contributed by atoms with Gasteiger partial charge in [-0.1, -0.05) is 62.4 Å². The molecule has 0 amide bonds. The minimum atomic E-state index is 0.330. The number of rotatable bonds is 8. The fourth-order valence-electron chi connectivity index (χ4n) is 5.88. The van der Waals surface area contributed by atoms with E-state index < -0.39 is 0 Å². The molecule has 2 aliphatic rings. The largest absolute Gasteiger partial charge is 0.457 e. The van der Waals surface area contributed by atoms with Crippen LogP contribution in [0.5, 0.6) is 5.75 Å². The van der Waals surface area contributed by atoms with Crippen molar-refractivity contribution >= 4 is 41.6 Å². The van der Waals surface area contributed by atoms with Crippen LogP contribution in [0.1, 0.15) is 51.2 Å². The summed E-state index contributed by atoms with van der Waals surface area (Å²) in [6.45, 7) is 19.9. The number of nitrogens with zero attached hydrogens (tertiary/aromatic N) is 2. The quantitative estimate of drug-likeness (QED) is 0.290. The van der Waals surface area contributed by atoms with Crippen molar-refractivity contribution in [2.75, 3.05) is 37.6 Å². The van der Waals surface area contributed by atoms with Crippen LogP contribution in [0.2, 0.25) is 5.02 Å². The number of allylic oxidation sites excluding steroid dienone is 3. The number of H-pyrrole nitrogens is 1. The van der Waals surface area contributed by atoms with Gasteiger partial charge in [-0.3, -0.25) is 4.90 Å². The lowest BCUT2D eigenvalue weighted by molar-refractivity contribution is 0.264. The molecule has 5 rings (SSSR count). The van der Waals surface area contributed by atoms with Gasteiger partial charge in [0.1, 0.15) is 11.5 Å². The standard InChI is InChI=1S/C36H42ClN3O/c1-6-27-10-13-32(23-35(27)41-33(7-2)22-29-15-17-38-26(29)3)40-20-18-39(19-21-40)25-30-14-16-36(4,5)24-34(30)28-8-11-31(37)12-9-28/h6-13,15,17,22-23,38H,1,3,14,16,18-21,24-25H2,2,4-5H3/b29-22-,33-7+. The van der Waals surface area contributed by atoms with E-state index in [-0.39, 0.29) is 0 Å². The molecule has 41 heavy (non-hydrogen) atoms. The Bertz CT molecular complexity index is 1550. The molecular formula is C36H42ClN3O. The summed E-state index contributed by atoms with van der Waals surface area (Å²) < 4.78 is 6.39. The molecule has 5 heteroatoms. The molecule has 2 aromatic carbocycles. The van der Waals surface area contributed by atoms with Crippen LogP contribution in [0, 0.1) is 5.41 Å². The van der Waals surface area contributed by atoms with Gasteiger partial charge in [0.25, 0.3) is 0 Å². The van der Waals surface area contributed by atoms with Gasteiger partial charge in [-0.25, -0.2) is 0 Å². The van der Waals surface area contributed by atoms with Crippen LogP contribution in [0.15, 0.2) is 78.7 Å². The Labute approximate surface area is 250 Å². The number of piperazine rings is 1. The highest BCUT2D eigenvalue weighted by Crippen LogP contribution is 2.43. The Kier molecular flexibility index (Phi) is 8.91. The Morgan fingerprint density at radius 1 is 1.07 bits per heavy atom. The Morgan fingerprint density at radius 3 is 2.49 bits per heavy atom. The molecule has 0 bridgehead atoms. The summed E-state index contributed by atoms with van der Waals surface area (Å²) >= 11 is 6.21. The first-order valence-corrected chi connectivity index (χ1v) is 15.0. The highest BCUT2D eigenvalue weighted by Gasteiger charge is 2.29. The summed E-state index contributed by atoms with van der Waals surface area (Å²) in [6.07, 6.45) is 11.3. The first-order valence-electron chi connectivity index (χ1n) is 14.6. The van der Waals surface area contributed by atoms with E-state index in [0.717, 1.165) is 78.2 Å². The predicted octanol–water partition coefficient (Wildman–Crippen LogP) is 7.27. The highest BCUT2D eigenvalue weighted by molar-refractivity contribution is 6.30. The summed E-state index contributed by atoms with van der Waals surface area (Å²) in [4.78, 5) is 8.21. The van der Waals surface area contributed by atoms with E-state index in [9.17, 15) is 0 Å². The molecule has 1 saturated heterocycles. The fourth-order valence-corrected chi connectivity index (χ4v) is 6.00. The first kappa shape index (κ1) is 29.0. The third-order valence-electron chi connectivity index (χ3n) is 8.43. The lowest BCUT2D eigenvalue weighted by Crippen LogP contribution is -2.47. The molecule has 1 N–H and O–H groups in total. The number of halogens is 1. The maximum atomic E-state index is 6.39. The van der Waals surface area contributed by atoms with Crippen LogP contribution in [-0.4, -0.2) is 42.6 Å². The minimum absolute atomic E-state index is 0.330. The average molecular weight is 568 g/mol. The van der Waals surface area contributed by atoms with Gasteiger partial charge in [0.15, 0.2) is 0 Å². The predicted molar refractivity (Wildman–Crippen MR) is 176 cm³/mol. The van der Waals surface area contributed by atoms with Crippen LogP contribution in [0.3, 0.4) is 0 Å². The molecule has 1 aliphatic heterocycles. The van der Waals surface area contributed by atoms with Gasteiger partial charge in [-0.15, -0.1) is 0 Å². The summed E-state index contributed by atoms with van der Waals surface area (Å²) in [5.74, 6) is 1.59. The number of benzene rings is 2. The zero-order valence-corrected chi connectivity index (χ0v) is 25.4. The van der Waals surface area contributed by atoms with E-state index in [1.165, 1.54) is 23.2 Å². The monoisotopic (exact) mass is 567 g/mol. The fraction of sp³-hybridized carbons (Fsp3) is 0.333. The molecule has 3 aromatic rings. The summed E-state index contributed by atoms with van der Waals surface area (Å²) in [6, 6.07) is 16.9. The van der Waals surface area contributed by atoms with E-state index in [2.05, 4.69) is 72.1 Å². The number of hydrogen-bond donors (Lipinski definition) is 1. The van der Waals surface area contributed by atoms with Crippen molar-refractivity contribution < 1.29 is 4.74 Å². The smallest absolute Gasteiger partial charge is 0.136 e. The molecule has 214 valence electrons. The third kappa shape index (κ3) is 7.06. The SMILES string of the molecule is C=Cc1ccc(N2CCN(CC3=C(c4ccc(Cl)cc4)CC(C)(C)CC3)CC2)cc1OC(/C=c1/cc[nH]c1=C)=C/C. The van der Waals surface area contributed by atoms with Crippen LogP contribution in [0.25, 0.3) is 24.3 Å². The zero-order chi connectivity index (χ0) is 29.0. The van der Waals surface area contributed by atoms with Gasteiger partial charge in [0, 0.05) is 71.8 Å². The van der Waals surface area contributed by atoms with Gasteiger partial charge in [0.05, 0.1) is 0 Å². The molecule has 0 unspecified atom stereocenters. The summed E-state index contributed by atoms with van der Waals surface area (Å²) in [5.41, 5.74) is 6.92. The molecule has 0 saturated carbocycles. The Hall–Kier alpha value is -3.47. The number of aromatic nitrogens is 1. The lowest BCUT2D eigenvalue weighted by Gasteiger charge is -2.39. The average Bonchev–Trinajstić information content (AvgIpc) is 3.38. The third-order valence-corrected chi connectivity index (χ3v) is 8.68. The molecule has 0 spiro atoms. The van der Waals surface area contributed by atoms with E-state index >= 15 is 0 Å². The molecule has 4 nitrogen and oxygen atoms in total. The minimum Gasteiger partial charge on any atom is -0.457 e. The van der Waals surface area contributed by atoms with Crippen LogP contribution in [-0.2, 0) is 0 Å². The molecule has 1 fully saturated rings. The zero-order valence-electron chi connectivity index (χ0n) is 24.7. The number of hydrogen-bond acceptors (Lipinski definition) is 3. The normalized spacial score (nSPS) is 18.6. The maximum Gasteiger partial charge on any atom is 0.136 e. The molecule has 0 atom stereocenters. The van der Waals surface area contributed by atoms with Gasteiger partial charge in [-0.05, 0) is 85.2 Å². The number of aromatic amines is 1. The van der Waals surface area contributed by atoms with E-state index in [0.29, 0.717) is 5.41 Å². The molecule has 1 aromatic heterocycles. The molecule has 2 heterocycles. The van der Waals surface area contributed by atoms with Crippen LogP contribution < -0.4 is 20.2 Å². The Morgan fingerprint density at radius 2 is 1.83 bits per heavy atom. The summed E-state index contributed by atoms with van der Waals surface area (Å²) in [7, 11) is 0. The maximum absolute atomic E-state index is 6.39. The molecular weight excluding hydrogens is 526 g/mol. The van der Waals surface area contributed by atoms with Gasteiger partial charge in [0.2, 0.25) is 0 Å². The second-order valence-electron chi connectivity index (χ2n) is 12.0. The van der Waals surface area contributed by atoms with E-state index in [1.54, 1.807) is 5.57 Å². The van der Waals surface area contributed by atoms with E-state index in [4.69, 9.17) is 16.3 Å². The van der Waals surface area contributed by atoms with Crippen molar-refractivity contribution in [2.24, 2.45) is 5.41 Å². The summed E-state index contributed by atoms with van der Waals surface area (Å²) in [5, 5.41) is 2.68. The number of anilines is 1. The van der Waals surface area contributed by atoms with Crippen LogP contribution >= 0.6 is 11.6 Å². The number of nitrogens with one attached hydrogen (secondary N) is 1. The second kappa shape index (κ2) is 12.6. The van der Waals surface area contributed by atoms with Crippen molar-refractivity contribution in [3.63, 3.8) is 0 Å². The first-order chi connectivity index (χ1) is 19.7. The molecule has 1 aliphatic carbocycles. The van der Waals surface area contributed by atoms with Crippen molar-refractivity contribution in [3.05, 3.63) is 105 Å². The highest BCUT2D eigenvalue weighted by atomic mass is 35.5. The van der Waals surface area contributed by atoms with Crippen molar-refractivity contribution in [3.8, 4) is 5.75 Å². The van der Waals surface area contributed by atoms with Crippen molar-refractivity contribution in [1.82, 2.24) is 9.88 Å². The van der Waals surface area contributed by atoms with Gasteiger partial charge < -0.3 is 14.6 Å². The Balaban J connectivity index is 1.29. The van der Waals surface area contributed by atoms with Gasteiger partial charge in [-0.2, -0.15) is 0 Å². The topological polar surface area (TPSA) is 31.5 Å². The van der Waals surface area contributed by atoms with E-state index in [1.807, 2.05) is 49.5 Å². The van der Waals surface area contributed by atoms with Crippen molar-refractivity contribution in [1.29, 1.82) is 0 Å². The second-order valence-corrected chi connectivity index (χ2v) is 12.4. The van der Waals surface area contributed by atoms with Gasteiger partial charge >= 0.3 is 0 Å². The van der Waals surface area contributed by atoms with Crippen LogP contribution in [0.4, 0.5) is 5.69 Å². The van der Waals surface area contributed by atoms with Crippen molar-refractivity contribution in [2.45, 2.75) is 40.0 Å². The molecule has 0 radical (unpaired) electrons. The number of ether oxygens (including phenoxy) is 1.